The van der Waals surface area contributed by atoms with Gasteiger partial charge in [-0.25, -0.2) is 8.78 Å². The summed E-state index contributed by atoms with van der Waals surface area (Å²) in [4.78, 5) is 0. The zero-order valence-electron chi connectivity index (χ0n) is 15.1. The molecule has 2 aromatic rings. The Kier molecular flexibility index (Phi) is 6.23. The Hall–Kier alpha value is -1.70. The van der Waals surface area contributed by atoms with Gasteiger partial charge in [-0.05, 0) is 66.8 Å². The minimum Gasteiger partial charge on any atom is -0.207 e. The molecule has 3 rings (SSSR count). The Labute approximate surface area is 150 Å². The van der Waals surface area contributed by atoms with Crippen molar-refractivity contribution in [1.29, 1.82) is 0 Å². The average molecular weight is 342 g/mol. The van der Waals surface area contributed by atoms with Gasteiger partial charge in [-0.3, -0.25) is 0 Å². The third kappa shape index (κ3) is 4.68. The maximum absolute atomic E-state index is 14.6. The van der Waals surface area contributed by atoms with E-state index in [1.807, 2.05) is 12.1 Å². The van der Waals surface area contributed by atoms with E-state index in [-0.39, 0.29) is 11.6 Å². The highest BCUT2D eigenvalue weighted by Gasteiger charge is 2.22. The van der Waals surface area contributed by atoms with Crippen LogP contribution in [0.15, 0.2) is 42.5 Å². The summed E-state index contributed by atoms with van der Waals surface area (Å²) in [5.74, 6) is 0.758. The third-order valence-electron chi connectivity index (χ3n) is 5.66. The Balaban J connectivity index is 1.64. The van der Waals surface area contributed by atoms with Crippen molar-refractivity contribution >= 4 is 0 Å². The predicted octanol–water partition coefficient (Wildman–Crippen LogP) is 7.49. The van der Waals surface area contributed by atoms with Gasteiger partial charge < -0.3 is 0 Å². The first-order valence-electron chi connectivity index (χ1n) is 9.72. The molecular weight excluding hydrogens is 314 g/mol. The fourth-order valence-corrected chi connectivity index (χ4v) is 4.14. The molecule has 2 heteroatoms. The number of halogens is 2. The molecular formula is C23H28F2. The van der Waals surface area contributed by atoms with E-state index >= 15 is 0 Å². The van der Waals surface area contributed by atoms with E-state index in [1.54, 1.807) is 18.2 Å². The molecule has 134 valence electrons. The molecule has 0 spiro atoms. The second kappa shape index (κ2) is 8.60. The van der Waals surface area contributed by atoms with Crippen LogP contribution in [0.5, 0.6) is 0 Å². The molecule has 0 saturated heterocycles. The molecule has 0 unspecified atom stereocenters. The van der Waals surface area contributed by atoms with Crippen molar-refractivity contribution in [3.05, 3.63) is 59.7 Å². The highest BCUT2D eigenvalue weighted by Crippen LogP contribution is 2.38. The van der Waals surface area contributed by atoms with Crippen LogP contribution in [-0.4, -0.2) is 0 Å². The van der Waals surface area contributed by atoms with E-state index in [1.165, 1.54) is 50.7 Å². The van der Waals surface area contributed by atoms with Crippen LogP contribution in [0, 0.1) is 17.6 Å². The van der Waals surface area contributed by atoms with Crippen molar-refractivity contribution in [1.82, 2.24) is 0 Å². The Morgan fingerprint density at radius 3 is 2.40 bits per heavy atom. The lowest BCUT2D eigenvalue weighted by Gasteiger charge is -2.29. The molecule has 1 saturated carbocycles. The van der Waals surface area contributed by atoms with E-state index in [0.717, 1.165) is 24.3 Å². The number of hydrogen-bond acceptors (Lipinski definition) is 0. The molecule has 1 aliphatic rings. The number of benzene rings is 2. The summed E-state index contributed by atoms with van der Waals surface area (Å²) in [5, 5.41) is 0. The van der Waals surface area contributed by atoms with Gasteiger partial charge >= 0.3 is 0 Å². The lowest BCUT2D eigenvalue weighted by molar-refractivity contribution is 0.302. The van der Waals surface area contributed by atoms with Crippen molar-refractivity contribution in [2.45, 2.75) is 64.2 Å². The molecule has 0 atom stereocenters. The second-order valence-corrected chi connectivity index (χ2v) is 7.46. The van der Waals surface area contributed by atoms with Crippen LogP contribution in [0.2, 0.25) is 0 Å². The van der Waals surface area contributed by atoms with Crippen LogP contribution in [0.1, 0.15) is 69.8 Å². The van der Waals surface area contributed by atoms with Crippen LogP contribution in [0.25, 0.3) is 11.1 Å². The van der Waals surface area contributed by atoms with Gasteiger partial charge in [0.1, 0.15) is 11.6 Å². The molecule has 1 fully saturated rings. The summed E-state index contributed by atoms with van der Waals surface area (Å²) < 4.78 is 28.0. The van der Waals surface area contributed by atoms with Gasteiger partial charge in [0, 0.05) is 5.56 Å². The molecule has 1 aliphatic carbocycles. The van der Waals surface area contributed by atoms with Crippen molar-refractivity contribution in [3.8, 4) is 11.1 Å². The zero-order valence-corrected chi connectivity index (χ0v) is 15.1. The monoisotopic (exact) mass is 342 g/mol. The number of rotatable bonds is 6. The quantitative estimate of drug-likeness (QED) is 0.477. The summed E-state index contributed by atoms with van der Waals surface area (Å²) in [7, 11) is 0. The SMILES string of the molecule is CCCCCC1CCC(c2ccc(-c3cccc(F)c3)c(F)c2)CC1. The smallest absolute Gasteiger partial charge is 0.131 e. The first-order chi connectivity index (χ1) is 12.2. The van der Waals surface area contributed by atoms with E-state index < -0.39 is 0 Å². The molecule has 0 nitrogen and oxygen atoms in total. The van der Waals surface area contributed by atoms with Crippen molar-refractivity contribution in [3.63, 3.8) is 0 Å². The van der Waals surface area contributed by atoms with Gasteiger partial charge in [0.2, 0.25) is 0 Å². The van der Waals surface area contributed by atoms with Gasteiger partial charge in [-0.15, -0.1) is 0 Å². The van der Waals surface area contributed by atoms with Gasteiger partial charge in [-0.1, -0.05) is 56.9 Å². The zero-order chi connectivity index (χ0) is 17.6. The maximum Gasteiger partial charge on any atom is 0.131 e. The normalized spacial score (nSPS) is 20.6. The minimum absolute atomic E-state index is 0.242. The summed E-state index contributed by atoms with van der Waals surface area (Å²) in [6, 6.07) is 11.7. The largest absolute Gasteiger partial charge is 0.207 e. The third-order valence-corrected chi connectivity index (χ3v) is 5.66. The molecule has 0 aliphatic heterocycles. The summed E-state index contributed by atoms with van der Waals surface area (Å²) in [6.07, 6.45) is 10.2. The lowest BCUT2D eigenvalue weighted by atomic mass is 9.77. The molecule has 2 aromatic carbocycles. The van der Waals surface area contributed by atoms with E-state index in [9.17, 15) is 8.78 Å². The topological polar surface area (TPSA) is 0 Å². The molecule has 0 N–H and O–H groups in total. The van der Waals surface area contributed by atoms with Crippen molar-refractivity contribution in [2.24, 2.45) is 5.92 Å². The molecule has 0 heterocycles. The van der Waals surface area contributed by atoms with E-state index in [0.29, 0.717) is 17.0 Å². The first kappa shape index (κ1) is 18.1. The fourth-order valence-electron chi connectivity index (χ4n) is 4.14. The van der Waals surface area contributed by atoms with E-state index in [4.69, 9.17) is 0 Å². The minimum atomic E-state index is -0.331. The predicted molar refractivity (Wildman–Crippen MR) is 101 cm³/mol. The fraction of sp³-hybridized carbons (Fsp3) is 0.478. The molecule has 0 aromatic heterocycles. The molecule has 0 radical (unpaired) electrons. The number of hydrogen-bond donors (Lipinski definition) is 0. The Bertz CT molecular complexity index is 684. The van der Waals surface area contributed by atoms with Crippen LogP contribution >= 0.6 is 0 Å². The van der Waals surface area contributed by atoms with E-state index in [2.05, 4.69) is 6.92 Å². The highest BCUT2D eigenvalue weighted by atomic mass is 19.1. The van der Waals surface area contributed by atoms with Crippen LogP contribution < -0.4 is 0 Å². The Morgan fingerprint density at radius 1 is 0.920 bits per heavy atom. The Morgan fingerprint density at radius 2 is 1.72 bits per heavy atom. The van der Waals surface area contributed by atoms with Gasteiger partial charge in [-0.2, -0.15) is 0 Å². The van der Waals surface area contributed by atoms with Crippen molar-refractivity contribution in [2.75, 3.05) is 0 Å². The summed E-state index contributed by atoms with van der Waals surface area (Å²) >= 11 is 0. The molecule has 0 bridgehead atoms. The lowest BCUT2D eigenvalue weighted by Crippen LogP contribution is -2.13. The van der Waals surface area contributed by atoms with Gasteiger partial charge in [0.05, 0.1) is 0 Å². The maximum atomic E-state index is 14.6. The first-order valence-corrected chi connectivity index (χ1v) is 9.72. The van der Waals surface area contributed by atoms with Crippen LogP contribution in [-0.2, 0) is 0 Å². The van der Waals surface area contributed by atoms with Gasteiger partial charge in [0.15, 0.2) is 0 Å². The van der Waals surface area contributed by atoms with Crippen molar-refractivity contribution < 1.29 is 8.78 Å². The average Bonchev–Trinajstić information content (AvgIpc) is 2.62. The van der Waals surface area contributed by atoms with Crippen LogP contribution in [0.4, 0.5) is 8.78 Å². The summed E-state index contributed by atoms with van der Waals surface area (Å²) in [5.41, 5.74) is 2.19. The highest BCUT2D eigenvalue weighted by molar-refractivity contribution is 5.64. The van der Waals surface area contributed by atoms with Crippen LogP contribution in [0.3, 0.4) is 0 Å². The summed E-state index contributed by atoms with van der Waals surface area (Å²) in [6.45, 7) is 2.25. The second-order valence-electron chi connectivity index (χ2n) is 7.46. The number of unbranched alkanes of at least 4 members (excludes halogenated alkanes) is 2. The standard InChI is InChI=1S/C23H28F2/c1-2-3-4-6-17-9-11-18(12-10-17)19-13-14-22(23(25)16-19)20-7-5-8-21(24)15-20/h5,7-8,13-18H,2-4,6,9-12H2,1H3. The molecule has 25 heavy (non-hydrogen) atoms. The van der Waals surface area contributed by atoms with Gasteiger partial charge in [0.25, 0.3) is 0 Å². The molecule has 0 amide bonds.